The predicted octanol–water partition coefficient (Wildman–Crippen LogP) is 5.79. The lowest BCUT2D eigenvalue weighted by atomic mass is 10.1. The van der Waals surface area contributed by atoms with E-state index in [1.165, 1.54) is 43.5 Å². The van der Waals surface area contributed by atoms with E-state index in [9.17, 15) is 22.8 Å². The fourth-order valence-corrected chi connectivity index (χ4v) is 4.50. The van der Waals surface area contributed by atoms with Crippen molar-refractivity contribution >= 4 is 16.9 Å². The molecular weight excluding hydrogens is 531 g/mol. The third-order valence-corrected chi connectivity index (χ3v) is 6.51. The van der Waals surface area contributed by atoms with Crippen LogP contribution in [0.5, 0.6) is 23.0 Å². The van der Waals surface area contributed by atoms with Crippen LogP contribution in [-0.4, -0.2) is 38.4 Å². The Bertz CT molecular complexity index is 1610. The first-order valence-corrected chi connectivity index (χ1v) is 12.2. The van der Waals surface area contributed by atoms with Crippen molar-refractivity contribution in [2.75, 3.05) is 27.5 Å². The number of carbonyl (C=O) groups is 1. The fourth-order valence-electron chi connectivity index (χ4n) is 4.50. The number of alkyl halides is 3. The molecule has 1 aromatic heterocycles. The average molecular weight is 556 g/mol. The summed E-state index contributed by atoms with van der Waals surface area (Å²) < 4.78 is 69.0. The lowest BCUT2D eigenvalue weighted by Gasteiger charge is -2.29. The Kier molecular flexibility index (Phi) is 7.40. The van der Waals surface area contributed by atoms with Gasteiger partial charge in [0.25, 0.3) is 5.76 Å². The first-order chi connectivity index (χ1) is 19.2. The monoisotopic (exact) mass is 555 g/mol. The smallest absolute Gasteiger partial charge is 0.453 e. The van der Waals surface area contributed by atoms with Gasteiger partial charge in [0.15, 0.2) is 0 Å². The van der Waals surface area contributed by atoms with Gasteiger partial charge in [-0.25, -0.2) is 4.79 Å². The molecule has 1 aliphatic rings. The summed E-state index contributed by atoms with van der Waals surface area (Å²) in [6, 6.07) is 15.6. The Morgan fingerprint density at radius 1 is 1.02 bits per heavy atom. The lowest BCUT2D eigenvalue weighted by molar-refractivity contribution is -0.154. The van der Waals surface area contributed by atoms with Gasteiger partial charge >= 0.3 is 12.1 Å². The topological polar surface area (TPSA) is 87.4 Å². The summed E-state index contributed by atoms with van der Waals surface area (Å²) in [6.07, 6.45) is -4.42. The first kappa shape index (κ1) is 27.1. The van der Waals surface area contributed by atoms with Gasteiger partial charge in [0, 0.05) is 13.1 Å². The van der Waals surface area contributed by atoms with Crippen LogP contribution < -0.4 is 19.6 Å². The number of nitrogens with zero attached hydrogens (tertiary/aromatic N) is 1. The predicted molar refractivity (Wildman–Crippen MR) is 138 cm³/mol. The van der Waals surface area contributed by atoms with E-state index in [2.05, 4.69) is 4.74 Å². The van der Waals surface area contributed by atoms with Gasteiger partial charge in [0.05, 0.1) is 30.7 Å². The van der Waals surface area contributed by atoms with Crippen LogP contribution in [0.3, 0.4) is 0 Å². The van der Waals surface area contributed by atoms with Crippen molar-refractivity contribution in [3.05, 3.63) is 93.3 Å². The standard InChI is InChI=1S/C29H24F3NO7/c1-36-22-6-4-3-5-17(22)13-14-33-15-21-23(38-16-33)12-11-20-24(34)26(27(29(30,31)32)40-25(20)21)39-19-9-7-18(8-10-19)28(35)37-2/h3-12H,13-16H2,1-2H3. The van der Waals surface area contributed by atoms with E-state index < -0.39 is 29.1 Å². The number of para-hydroxylation sites is 1. The maximum atomic E-state index is 14.1. The Labute approximate surface area is 226 Å². The second-order valence-electron chi connectivity index (χ2n) is 9.01. The van der Waals surface area contributed by atoms with Crippen molar-refractivity contribution in [3.63, 3.8) is 0 Å². The maximum absolute atomic E-state index is 14.1. The van der Waals surface area contributed by atoms with Gasteiger partial charge in [-0.15, -0.1) is 0 Å². The Morgan fingerprint density at radius 3 is 2.48 bits per heavy atom. The molecule has 2 heterocycles. The molecule has 5 rings (SSSR count). The summed E-state index contributed by atoms with van der Waals surface area (Å²) in [6.45, 7) is 0.944. The van der Waals surface area contributed by atoms with Gasteiger partial charge in [0.1, 0.15) is 29.6 Å². The number of halogens is 3. The second kappa shape index (κ2) is 10.9. The molecule has 0 radical (unpaired) electrons. The van der Waals surface area contributed by atoms with Crippen molar-refractivity contribution in [3.8, 4) is 23.0 Å². The van der Waals surface area contributed by atoms with E-state index in [1.807, 2.05) is 29.2 Å². The minimum absolute atomic E-state index is 0.0805. The van der Waals surface area contributed by atoms with Gasteiger partial charge in [0.2, 0.25) is 11.2 Å². The van der Waals surface area contributed by atoms with Crippen molar-refractivity contribution in [2.45, 2.75) is 19.1 Å². The minimum Gasteiger partial charge on any atom is -0.496 e. The average Bonchev–Trinajstić information content (AvgIpc) is 2.96. The van der Waals surface area contributed by atoms with E-state index in [-0.39, 0.29) is 35.6 Å². The Hall–Kier alpha value is -4.51. The minimum atomic E-state index is -5.03. The van der Waals surface area contributed by atoms with Crippen LogP contribution in [0.2, 0.25) is 0 Å². The number of methoxy groups -OCH3 is 2. The SMILES string of the molecule is COC(=O)c1ccc(Oc2c(C(F)(F)F)oc3c4c(ccc3c2=O)OCN(CCc2ccccc2OC)C4)cc1. The molecule has 0 saturated heterocycles. The van der Waals surface area contributed by atoms with E-state index in [0.29, 0.717) is 24.3 Å². The zero-order chi connectivity index (χ0) is 28.4. The normalized spacial score (nSPS) is 13.4. The van der Waals surface area contributed by atoms with Crippen molar-refractivity contribution in [1.29, 1.82) is 0 Å². The largest absolute Gasteiger partial charge is 0.496 e. The number of rotatable bonds is 7. The van der Waals surface area contributed by atoms with Gasteiger partial charge in [-0.05, 0) is 54.4 Å². The number of fused-ring (bicyclic) bond motifs is 3. The van der Waals surface area contributed by atoms with Crippen molar-refractivity contribution in [2.24, 2.45) is 0 Å². The molecular formula is C29H24F3NO7. The molecule has 0 amide bonds. The summed E-state index contributed by atoms with van der Waals surface area (Å²) in [5.74, 6) is -2.22. The zero-order valence-corrected chi connectivity index (χ0v) is 21.5. The highest BCUT2D eigenvalue weighted by atomic mass is 19.4. The quantitative estimate of drug-likeness (QED) is 0.265. The number of hydrogen-bond acceptors (Lipinski definition) is 8. The van der Waals surface area contributed by atoms with Gasteiger partial charge in [-0.1, -0.05) is 18.2 Å². The van der Waals surface area contributed by atoms with E-state index >= 15 is 0 Å². The molecule has 3 aromatic carbocycles. The molecule has 40 heavy (non-hydrogen) atoms. The van der Waals surface area contributed by atoms with E-state index in [1.54, 1.807) is 7.11 Å². The number of hydrogen-bond donors (Lipinski definition) is 0. The highest BCUT2D eigenvalue weighted by Gasteiger charge is 2.41. The molecule has 0 fully saturated rings. The highest BCUT2D eigenvalue weighted by molar-refractivity contribution is 5.89. The molecule has 8 nitrogen and oxygen atoms in total. The lowest BCUT2D eigenvalue weighted by Crippen LogP contribution is -2.34. The first-order valence-electron chi connectivity index (χ1n) is 12.2. The molecule has 0 aliphatic carbocycles. The van der Waals surface area contributed by atoms with Crippen LogP contribution in [0.15, 0.2) is 69.9 Å². The maximum Gasteiger partial charge on any atom is 0.453 e. The molecule has 0 N–H and O–H groups in total. The third kappa shape index (κ3) is 5.32. The molecule has 0 saturated carbocycles. The summed E-state index contributed by atoms with van der Waals surface area (Å²) in [4.78, 5) is 26.9. The Balaban J connectivity index is 1.49. The van der Waals surface area contributed by atoms with Crippen LogP contribution in [0.1, 0.15) is 27.2 Å². The van der Waals surface area contributed by atoms with Crippen LogP contribution in [0.4, 0.5) is 13.2 Å². The fraction of sp³-hybridized carbons (Fsp3) is 0.241. The second-order valence-corrected chi connectivity index (χ2v) is 9.01. The third-order valence-electron chi connectivity index (χ3n) is 6.51. The molecule has 1 aliphatic heterocycles. The Morgan fingerprint density at radius 2 is 1.77 bits per heavy atom. The van der Waals surface area contributed by atoms with E-state index in [4.69, 9.17) is 18.6 Å². The zero-order valence-electron chi connectivity index (χ0n) is 21.5. The molecule has 4 aromatic rings. The number of benzene rings is 3. The number of carbonyl (C=O) groups excluding carboxylic acids is 1. The summed E-state index contributed by atoms with van der Waals surface area (Å²) in [5.41, 5.74) is 0.268. The highest BCUT2D eigenvalue weighted by Crippen LogP contribution is 2.41. The molecule has 0 unspecified atom stereocenters. The molecule has 0 spiro atoms. The molecule has 208 valence electrons. The number of ether oxygens (including phenoxy) is 4. The van der Waals surface area contributed by atoms with Gasteiger partial charge in [-0.2, -0.15) is 13.2 Å². The summed E-state index contributed by atoms with van der Waals surface area (Å²) in [7, 11) is 2.78. The molecule has 11 heteroatoms. The molecule has 0 atom stereocenters. The van der Waals surface area contributed by atoms with Crippen molar-refractivity contribution in [1.82, 2.24) is 4.90 Å². The van der Waals surface area contributed by atoms with Crippen LogP contribution in [0, 0.1) is 0 Å². The molecule has 0 bridgehead atoms. The van der Waals surface area contributed by atoms with Crippen molar-refractivity contribution < 1.29 is 41.3 Å². The number of esters is 1. The van der Waals surface area contributed by atoms with Crippen LogP contribution in [-0.2, 0) is 23.9 Å². The summed E-state index contributed by atoms with van der Waals surface area (Å²) >= 11 is 0. The summed E-state index contributed by atoms with van der Waals surface area (Å²) in [5, 5.41) is -0.0805. The van der Waals surface area contributed by atoms with Gasteiger partial charge < -0.3 is 23.4 Å². The van der Waals surface area contributed by atoms with Gasteiger partial charge in [-0.3, -0.25) is 9.69 Å². The van der Waals surface area contributed by atoms with E-state index in [0.717, 1.165) is 11.3 Å². The van der Waals surface area contributed by atoms with Crippen LogP contribution in [0.25, 0.3) is 11.0 Å². The van der Waals surface area contributed by atoms with Crippen LogP contribution >= 0.6 is 0 Å².